The number of imide groups is 1. The molecular formula is C27H21NO2. The summed E-state index contributed by atoms with van der Waals surface area (Å²) in [6, 6.07) is 23.1. The number of carbonyl (C=O) groups is 2. The van der Waals surface area contributed by atoms with Gasteiger partial charge in [0.15, 0.2) is 0 Å². The fourth-order valence-electron chi connectivity index (χ4n) is 3.70. The third-order valence-electron chi connectivity index (χ3n) is 5.25. The molecule has 0 bridgehead atoms. The quantitative estimate of drug-likeness (QED) is 0.334. The number of aryl methyl sites for hydroxylation is 1. The summed E-state index contributed by atoms with van der Waals surface area (Å²) < 4.78 is 0. The van der Waals surface area contributed by atoms with Gasteiger partial charge in [0.1, 0.15) is 0 Å². The Morgan fingerprint density at radius 3 is 2.27 bits per heavy atom. The topological polar surface area (TPSA) is 37.4 Å². The molecule has 4 rings (SSSR count). The lowest BCUT2D eigenvalue weighted by atomic mass is 10.0. The van der Waals surface area contributed by atoms with Gasteiger partial charge in [0.25, 0.3) is 11.8 Å². The summed E-state index contributed by atoms with van der Waals surface area (Å²) in [5.74, 6) is 2.31. The number of rotatable bonds is 6. The second-order valence-corrected chi connectivity index (χ2v) is 7.22. The van der Waals surface area contributed by atoms with Gasteiger partial charge in [-0.15, -0.1) is 6.42 Å². The van der Waals surface area contributed by atoms with Gasteiger partial charge in [-0.05, 0) is 47.7 Å². The van der Waals surface area contributed by atoms with Crippen LogP contribution in [-0.4, -0.2) is 23.3 Å². The predicted octanol–water partition coefficient (Wildman–Crippen LogP) is 5.07. The van der Waals surface area contributed by atoms with E-state index in [4.69, 9.17) is 6.42 Å². The number of terminal acetylenes is 1. The van der Waals surface area contributed by atoms with E-state index in [1.54, 1.807) is 24.3 Å². The average molecular weight is 391 g/mol. The van der Waals surface area contributed by atoms with E-state index in [2.05, 4.69) is 18.1 Å². The van der Waals surface area contributed by atoms with E-state index in [-0.39, 0.29) is 11.8 Å². The highest BCUT2D eigenvalue weighted by Gasteiger charge is 2.34. The summed E-state index contributed by atoms with van der Waals surface area (Å²) in [5.41, 5.74) is 5.13. The van der Waals surface area contributed by atoms with Gasteiger partial charge in [-0.3, -0.25) is 14.5 Å². The van der Waals surface area contributed by atoms with Crippen molar-refractivity contribution in [2.75, 3.05) is 6.54 Å². The Labute approximate surface area is 176 Å². The van der Waals surface area contributed by atoms with Crippen molar-refractivity contribution >= 4 is 24.0 Å². The number of hydrogen-bond donors (Lipinski definition) is 0. The van der Waals surface area contributed by atoms with Crippen molar-refractivity contribution in [2.45, 2.75) is 12.8 Å². The van der Waals surface area contributed by atoms with E-state index in [1.165, 1.54) is 10.5 Å². The van der Waals surface area contributed by atoms with Gasteiger partial charge in [-0.25, -0.2) is 0 Å². The molecule has 0 radical (unpaired) electrons. The lowest BCUT2D eigenvalue weighted by Crippen LogP contribution is -2.30. The largest absolute Gasteiger partial charge is 0.274 e. The van der Waals surface area contributed by atoms with Gasteiger partial charge in [-0.2, -0.15) is 0 Å². The van der Waals surface area contributed by atoms with E-state index in [0.29, 0.717) is 17.7 Å². The molecule has 3 aromatic rings. The molecule has 3 aromatic carbocycles. The second-order valence-electron chi connectivity index (χ2n) is 7.22. The molecule has 0 N–H and O–H groups in total. The van der Waals surface area contributed by atoms with Gasteiger partial charge >= 0.3 is 0 Å². The first kappa shape index (κ1) is 19.4. The molecule has 3 heteroatoms. The average Bonchev–Trinajstić information content (AvgIpc) is 3.03. The van der Waals surface area contributed by atoms with E-state index in [1.807, 2.05) is 48.6 Å². The summed E-state index contributed by atoms with van der Waals surface area (Å²) in [6.45, 7) is 0.419. The Morgan fingerprint density at radius 1 is 0.833 bits per heavy atom. The van der Waals surface area contributed by atoms with Crippen LogP contribution in [0.2, 0.25) is 0 Å². The first-order valence-electron chi connectivity index (χ1n) is 9.95. The molecule has 0 saturated carbocycles. The van der Waals surface area contributed by atoms with Crippen LogP contribution < -0.4 is 0 Å². The SMILES string of the molecule is C#Cc1ccccc1/C=C/c1cccc(CCCN2C(=O)c3ccccc3C2=O)c1. The maximum atomic E-state index is 12.5. The molecule has 1 heterocycles. The molecule has 0 atom stereocenters. The summed E-state index contributed by atoms with van der Waals surface area (Å²) >= 11 is 0. The van der Waals surface area contributed by atoms with Crippen molar-refractivity contribution in [2.24, 2.45) is 0 Å². The summed E-state index contributed by atoms with van der Waals surface area (Å²) in [6.07, 6.45) is 11.1. The summed E-state index contributed by atoms with van der Waals surface area (Å²) in [4.78, 5) is 26.3. The third kappa shape index (κ3) is 3.94. The van der Waals surface area contributed by atoms with Gasteiger partial charge in [0.05, 0.1) is 11.1 Å². The Bertz CT molecular complexity index is 1150. The van der Waals surface area contributed by atoms with Crippen LogP contribution in [0, 0.1) is 12.3 Å². The Morgan fingerprint density at radius 2 is 1.53 bits per heavy atom. The van der Waals surface area contributed by atoms with Gasteiger partial charge < -0.3 is 0 Å². The van der Waals surface area contributed by atoms with Crippen LogP contribution in [-0.2, 0) is 6.42 Å². The zero-order valence-electron chi connectivity index (χ0n) is 16.5. The molecule has 3 nitrogen and oxygen atoms in total. The molecule has 0 fully saturated rings. The van der Waals surface area contributed by atoms with E-state index in [9.17, 15) is 9.59 Å². The minimum absolute atomic E-state index is 0.195. The highest BCUT2D eigenvalue weighted by atomic mass is 16.2. The van der Waals surface area contributed by atoms with Crippen LogP contribution in [0.1, 0.15) is 49.4 Å². The molecule has 0 aromatic heterocycles. The Balaban J connectivity index is 1.39. The third-order valence-corrected chi connectivity index (χ3v) is 5.25. The lowest BCUT2D eigenvalue weighted by Gasteiger charge is -2.13. The maximum absolute atomic E-state index is 12.5. The van der Waals surface area contributed by atoms with Crippen LogP contribution in [0.4, 0.5) is 0 Å². The van der Waals surface area contributed by atoms with E-state index in [0.717, 1.165) is 29.5 Å². The summed E-state index contributed by atoms with van der Waals surface area (Å²) in [7, 11) is 0. The van der Waals surface area contributed by atoms with Crippen molar-refractivity contribution in [3.8, 4) is 12.3 Å². The van der Waals surface area contributed by atoms with Crippen LogP contribution in [0.25, 0.3) is 12.2 Å². The minimum Gasteiger partial charge on any atom is -0.274 e. The number of amides is 2. The second kappa shape index (κ2) is 8.63. The van der Waals surface area contributed by atoms with Gasteiger partial charge in [-0.1, -0.05) is 72.7 Å². The number of fused-ring (bicyclic) bond motifs is 1. The molecule has 30 heavy (non-hydrogen) atoms. The van der Waals surface area contributed by atoms with Crippen molar-refractivity contribution < 1.29 is 9.59 Å². The highest BCUT2D eigenvalue weighted by molar-refractivity contribution is 6.21. The van der Waals surface area contributed by atoms with Crippen LogP contribution in [0.3, 0.4) is 0 Å². The van der Waals surface area contributed by atoms with Crippen molar-refractivity contribution in [1.29, 1.82) is 0 Å². The first-order valence-corrected chi connectivity index (χ1v) is 9.95. The monoisotopic (exact) mass is 391 g/mol. The first-order chi connectivity index (χ1) is 14.7. The Hall–Kier alpha value is -3.90. The molecular weight excluding hydrogens is 370 g/mol. The fourth-order valence-corrected chi connectivity index (χ4v) is 3.70. The number of nitrogens with zero attached hydrogens (tertiary/aromatic N) is 1. The number of benzene rings is 3. The van der Waals surface area contributed by atoms with Crippen LogP contribution in [0.15, 0.2) is 72.8 Å². The smallest absolute Gasteiger partial charge is 0.261 e. The molecule has 146 valence electrons. The zero-order chi connectivity index (χ0) is 20.9. The molecule has 1 aliphatic heterocycles. The molecule has 0 saturated heterocycles. The number of carbonyl (C=O) groups excluding carboxylic acids is 2. The minimum atomic E-state index is -0.195. The molecule has 1 aliphatic rings. The maximum Gasteiger partial charge on any atom is 0.261 e. The normalized spacial score (nSPS) is 13.0. The lowest BCUT2D eigenvalue weighted by molar-refractivity contribution is 0.0652. The van der Waals surface area contributed by atoms with Crippen molar-refractivity contribution in [3.05, 3.63) is 106 Å². The van der Waals surface area contributed by atoms with Crippen molar-refractivity contribution in [1.82, 2.24) is 4.90 Å². The van der Waals surface area contributed by atoms with Gasteiger partial charge in [0, 0.05) is 12.1 Å². The Kier molecular flexibility index (Phi) is 5.59. The molecule has 2 amide bonds. The molecule has 0 unspecified atom stereocenters. The molecule has 0 aliphatic carbocycles. The number of hydrogen-bond acceptors (Lipinski definition) is 2. The van der Waals surface area contributed by atoms with Gasteiger partial charge in [0.2, 0.25) is 0 Å². The standard InChI is InChI=1S/C27H21NO2/c1-2-22-12-3-4-13-23(22)17-16-21-10-7-9-20(19-21)11-8-18-28-26(29)24-14-5-6-15-25(24)27(28)30/h1,3-7,9-10,12-17,19H,8,11,18H2/b17-16+. The van der Waals surface area contributed by atoms with E-state index < -0.39 is 0 Å². The van der Waals surface area contributed by atoms with E-state index >= 15 is 0 Å². The summed E-state index contributed by atoms with van der Waals surface area (Å²) in [5, 5.41) is 0. The molecule has 0 spiro atoms. The van der Waals surface area contributed by atoms with Crippen LogP contribution >= 0.6 is 0 Å². The predicted molar refractivity (Wildman–Crippen MR) is 120 cm³/mol. The van der Waals surface area contributed by atoms with Crippen LogP contribution in [0.5, 0.6) is 0 Å². The fraction of sp³-hybridized carbons (Fsp3) is 0.111. The zero-order valence-corrected chi connectivity index (χ0v) is 16.5. The van der Waals surface area contributed by atoms with Crippen molar-refractivity contribution in [3.63, 3.8) is 0 Å². The highest BCUT2D eigenvalue weighted by Crippen LogP contribution is 2.23.